The predicted molar refractivity (Wildman–Crippen MR) is 42.5 cm³/mol. The zero-order chi connectivity index (χ0) is 8.10. The molecule has 0 aliphatic carbocycles. The Morgan fingerprint density at radius 3 is 2.91 bits per heavy atom. The van der Waals surface area contributed by atoms with Gasteiger partial charge in [-0.1, -0.05) is 12.1 Å². The second-order valence-electron chi connectivity index (χ2n) is 2.30. The fourth-order valence-electron chi connectivity index (χ4n) is 0.802. The van der Waals surface area contributed by atoms with Gasteiger partial charge in [0.05, 0.1) is 0 Å². The van der Waals surface area contributed by atoms with E-state index in [1.54, 1.807) is 0 Å². The number of nitrogens with one attached hydrogen (secondary N) is 1. The van der Waals surface area contributed by atoms with Crippen LogP contribution in [0.2, 0.25) is 0 Å². The van der Waals surface area contributed by atoms with Crippen molar-refractivity contribution in [2.75, 3.05) is 11.9 Å². The topological polar surface area (TPSA) is 51.0 Å². The minimum Gasteiger partial charge on any atom is -0.338 e. The first-order valence-corrected chi connectivity index (χ1v) is 3.93. The van der Waals surface area contributed by atoms with Crippen LogP contribution in [0.1, 0.15) is 26.1 Å². The SMILES string of the molecule is CCCc1noc(NCC)n1. The molecule has 0 fully saturated rings. The fraction of sp³-hybridized carbons (Fsp3) is 0.714. The van der Waals surface area contributed by atoms with Crippen molar-refractivity contribution in [3.63, 3.8) is 0 Å². The summed E-state index contributed by atoms with van der Waals surface area (Å²) in [5.74, 6) is 0.781. The van der Waals surface area contributed by atoms with Crippen LogP contribution in [-0.4, -0.2) is 16.7 Å². The summed E-state index contributed by atoms with van der Waals surface area (Å²) in [6, 6.07) is 0.524. The fourth-order valence-corrected chi connectivity index (χ4v) is 0.802. The first kappa shape index (κ1) is 8.04. The molecule has 0 aromatic carbocycles. The van der Waals surface area contributed by atoms with E-state index in [0.29, 0.717) is 6.01 Å². The normalized spacial score (nSPS) is 10.0. The van der Waals surface area contributed by atoms with E-state index in [0.717, 1.165) is 25.2 Å². The molecule has 62 valence electrons. The first-order chi connectivity index (χ1) is 5.36. The smallest absolute Gasteiger partial charge is 0.321 e. The molecule has 0 aliphatic heterocycles. The van der Waals surface area contributed by atoms with E-state index >= 15 is 0 Å². The maximum atomic E-state index is 4.89. The summed E-state index contributed by atoms with van der Waals surface area (Å²) in [5.41, 5.74) is 0. The number of aryl methyl sites for hydroxylation is 1. The molecule has 4 heteroatoms. The molecule has 0 amide bonds. The monoisotopic (exact) mass is 155 g/mol. The molecule has 0 aliphatic rings. The molecular formula is C7H13N3O. The van der Waals surface area contributed by atoms with Crippen molar-refractivity contribution in [3.05, 3.63) is 5.82 Å². The van der Waals surface area contributed by atoms with Crippen molar-refractivity contribution in [1.29, 1.82) is 0 Å². The van der Waals surface area contributed by atoms with E-state index in [1.165, 1.54) is 0 Å². The minimum atomic E-state index is 0.524. The van der Waals surface area contributed by atoms with Crippen molar-refractivity contribution < 1.29 is 4.52 Å². The Morgan fingerprint density at radius 1 is 1.45 bits per heavy atom. The summed E-state index contributed by atoms with van der Waals surface area (Å²) < 4.78 is 4.89. The first-order valence-electron chi connectivity index (χ1n) is 3.93. The predicted octanol–water partition coefficient (Wildman–Crippen LogP) is 1.45. The Bertz CT molecular complexity index is 189. The highest BCUT2D eigenvalue weighted by molar-refractivity contribution is 5.17. The standard InChI is InChI=1S/C7H13N3O/c1-3-5-6-9-7(8-4-2)11-10-6/h3-5H2,1-2H3,(H,8,9,10). The van der Waals surface area contributed by atoms with E-state index in [4.69, 9.17) is 4.52 Å². The van der Waals surface area contributed by atoms with Gasteiger partial charge in [-0.05, 0) is 13.3 Å². The van der Waals surface area contributed by atoms with Gasteiger partial charge in [0.15, 0.2) is 5.82 Å². The summed E-state index contributed by atoms with van der Waals surface area (Å²) in [7, 11) is 0. The quantitative estimate of drug-likeness (QED) is 0.715. The second-order valence-corrected chi connectivity index (χ2v) is 2.30. The summed E-state index contributed by atoms with van der Waals surface area (Å²) in [4.78, 5) is 4.10. The lowest BCUT2D eigenvalue weighted by molar-refractivity contribution is 0.422. The average Bonchev–Trinajstić information content (AvgIpc) is 2.38. The molecule has 0 bridgehead atoms. The maximum absolute atomic E-state index is 4.89. The van der Waals surface area contributed by atoms with Gasteiger partial charge in [-0.15, -0.1) is 0 Å². The molecule has 4 nitrogen and oxygen atoms in total. The summed E-state index contributed by atoms with van der Waals surface area (Å²) in [6.45, 7) is 4.89. The molecule has 0 unspecified atom stereocenters. The van der Waals surface area contributed by atoms with Crippen LogP contribution >= 0.6 is 0 Å². The Labute approximate surface area is 66.0 Å². The lowest BCUT2D eigenvalue weighted by Crippen LogP contribution is -1.96. The van der Waals surface area contributed by atoms with Crippen LogP contribution in [0.5, 0.6) is 0 Å². The molecule has 0 spiro atoms. The Kier molecular flexibility index (Phi) is 2.89. The van der Waals surface area contributed by atoms with Crippen LogP contribution < -0.4 is 5.32 Å². The molecular weight excluding hydrogens is 142 g/mol. The van der Waals surface area contributed by atoms with Gasteiger partial charge in [0.2, 0.25) is 0 Å². The van der Waals surface area contributed by atoms with E-state index in [9.17, 15) is 0 Å². The van der Waals surface area contributed by atoms with Gasteiger partial charge in [-0.25, -0.2) is 0 Å². The summed E-state index contributed by atoms with van der Waals surface area (Å²) in [6.07, 6.45) is 1.93. The Morgan fingerprint density at radius 2 is 2.27 bits per heavy atom. The maximum Gasteiger partial charge on any atom is 0.321 e. The van der Waals surface area contributed by atoms with Crippen LogP contribution in [0, 0.1) is 0 Å². The van der Waals surface area contributed by atoms with Crippen molar-refractivity contribution in [1.82, 2.24) is 10.1 Å². The largest absolute Gasteiger partial charge is 0.338 e. The van der Waals surface area contributed by atoms with Gasteiger partial charge in [-0.2, -0.15) is 4.98 Å². The molecule has 1 aromatic rings. The summed E-state index contributed by atoms with van der Waals surface area (Å²) >= 11 is 0. The van der Waals surface area contributed by atoms with Crippen molar-refractivity contribution >= 4 is 6.01 Å². The molecule has 0 atom stereocenters. The van der Waals surface area contributed by atoms with Gasteiger partial charge in [0.25, 0.3) is 0 Å². The molecule has 0 saturated carbocycles. The molecule has 0 saturated heterocycles. The van der Waals surface area contributed by atoms with Gasteiger partial charge >= 0.3 is 6.01 Å². The zero-order valence-corrected chi connectivity index (χ0v) is 6.92. The third-order valence-corrected chi connectivity index (χ3v) is 1.27. The molecule has 1 heterocycles. The average molecular weight is 155 g/mol. The van der Waals surface area contributed by atoms with E-state index < -0.39 is 0 Å². The highest BCUT2D eigenvalue weighted by atomic mass is 16.5. The second kappa shape index (κ2) is 3.95. The number of nitrogens with zero attached hydrogens (tertiary/aromatic N) is 2. The Hall–Kier alpha value is -1.06. The summed E-state index contributed by atoms with van der Waals surface area (Å²) in [5, 5.41) is 6.72. The third-order valence-electron chi connectivity index (χ3n) is 1.27. The highest BCUT2D eigenvalue weighted by Gasteiger charge is 2.01. The number of hydrogen-bond acceptors (Lipinski definition) is 4. The van der Waals surface area contributed by atoms with Gasteiger partial charge in [-0.3, -0.25) is 0 Å². The molecule has 1 rings (SSSR count). The zero-order valence-electron chi connectivity index (χ0n) is 6.92. The van der Waals surface area contributed by atoms with Gasteiger partial charge in [0.1, 0.15) is 0 Å². The van der Waals surface area contributed by atoms with Crippen LogP contribution in [-0.2, 0) is 6.42 Å². The molecule has 1 aromatic heterocycles. The van der Waals surface area contributed by atoms with E-state index in [2.05, 4.69) is 22.4 Å². The van der Waals surface area contributed by atoms with E-state index in [1.807, 2.05) is 6.92 Å². The molecule has 0 radical (unpaired) electrons. The highest BCUT2D eigenvalue weighted by Crippen LogP contribution is 2.03. The number of rotatable bonds is 4. The number of aromatic nitrogens is 2. The van der Waals surface area contributed by atoms with Crippen LogP contribution in [0.25, 0.3) is 0 Å². The lowest BCUT2D eigenvalue weighted by Gasteiger charge is -1.89. The number of hydrogen-bond donors (Lipinski definition) is 1. The van der Waals surface area contributed by atoms with Crippen LogP contribution in [0.3, 0.4) is 0 Å². The lowest BCUT2D eigenvalue weighted by atomic mass is 10.3. The van der Waals surface area contributed by atoms with Crippen LogP contribution in [0.4, 0.5) is 6.01 Å². The van der Waals surface area contributed by atoms with Crippen molar-refractivity contribution in [2.24, 2.45) is 0 Å². The van der Waals surface area contributed by atoms with Crippen molar-refractivity contribution in [3.8, 4) is 0 Å². The Balaban J connectivity index is 2.51. The molecule has 1 N–H and O–H groups in total. The van der Waals surface area contributed by atoms with Gasteiger partial charge in [0, 0.05) is 13.0 Å². The van der Waals surface area contributed by atoms with Crippen molar-refractivity contribution in [2.45, 2.75) is 26.7 Å². The third kappa shape index (κ3) is 2.22. The van der Waals surface area contributed by atoms with Gasteiger partial charge < -0.3 is 9.84 Å². The number of anilines is 1. The molecule has 11 heavy (non-hydrogen) atoms. The minimum absolute atomic E-state index is 0.524. The van der Waals surface area contributed by atoms with E-state index in [-0.39, 0.29) is 0 Å². The van der Waals surface area contributed by atoms with Crippen LogP contribution in [0.15, 0.2) is 4.52 Å².